The van der Waals surface area contributed by atoms with Crippen molar-refractivity contribution in [2.24, 2.45) is 5.92 Å². The van der Waals surface area contributed by atoms with Crippen molar-refractivity contribution in [2.45, 2.75) is 38.8 Å². The molecule has 0 spiro atoms. The van der Waals surface area contributed by atoms with Crippen molar-refractivity contribution in [1.82, 2.24) is 9.62 Å². The second kappa shape index (κ2) is 7.17. The van der Waals surface area contributed by atoms with Gasteiger partial charge in [0.25, 0.3) is 0 Å². The number of carbonyl (C=O) groups is 2. The minimum atomic E-state index is -0.544. The molecule has 0 aromatic rings. The molecule has 1 rings (SSSR count). The first kappa shape index (κ1) is 17.1. The van der Waals surface area contributed by atoms with Gasteiger partial charge in [-0.05, 0) is 33.4 Å². The molecule has 0 radical (unpaired) electrons. The van der Waals surface area contributed by atoms with Crippen LogP contribution in [0.5, 0.6) is 0 Å². The van der Waals surface area contributed by atoms with E-state index in [9.17, 15) is 9.59 Å². The highest BCUT2D eigenvalue weighted by atomic mass is 32.2. The van der Waals surface area contributed by atoms with Gasteiger partial charge in [0, 0.05) is 19.1 Å². The standard InChI is InChI=1S/C13H24N2O4S/c1-13(2,3)19-12(17)15-7-9(11(16)18-4)6-10(8-15)14-20-5/h9-10,14H,6-8H2,1-5H3/t9-,10?/m0/s1. The van der Waals surface area contributed by atoms with E-state index in [2.05, 4.69) is 4.72 Å². The SMILES string of the molecule is COC(=O)[C@H]1CC(NSC)CN(C(=O)OC(C)(C)C)C1. The number of hydrogen-bond donors (Lipinski definition) is 1. The van der Waals surface area contributed by atoms with Crippen LogP contribution in [-0.2, 0) is 14.3 Å². The summed E-state index contributed by atoms with van der Waals surface area (Å²) in [6.45, 7) is 6.34. The number of ether oxygens (including phenoxy) is 2. The lowest BCUT2D eigenvalue weighted by molar-refractivity contribution is -0.147. The van der Waals surface area contributed by atoms with Crippen molar-refractivity contribution in [3.05, 3.63) is 0 Å². The minimum Gasteiger partial charge on any atom is -0.469 e. The normalized spacial score (nSPS) is 23.4. The molecule has 0 aromatic heterocycles. The Bertz CT molecular complexity index is 357. The van der Waals surface area contributed by atoms with Crippen LogP contribution in [0.4, 0.5) is 4.79 Å². The summed E-state index contributed by atoms with van der Waals surface area (Å²) in [5, 5.41) is 0. The first-order chi connectivity index (χ1) is 9.26. The zero-order valence-electron chi connectivity index (χ0n) is 12.8. The number of amides is 1. The molecule has 6 nitrogen and oxygen atoms in total. The third-order valence-electron chi connectivity index (χ3n) is 2.92. The Hall–Kier alpha value is -0.950. The first-order valence-electron chi connectivity index (χ1n) is 6.61. The predicted molar refractivity (Wildman–Crippen MR) is 78.4 cm³/mol. The van der Waals surface area contributed by atoms with Gasteiger partial charge in [-0.1, -0.05) is 11.9 Å². The lowest BCUT2D eigenvalue weighted by atomic mass is 9.95. The summed E-state index contributed by atoms with van der Waals surface area (Å²) in [6.07, 6.45) is 2.19. The highest BCUT2D eigenvalue weighted by Crippen LogP contribution is 2.21. The zero-order chi connectivity index (χ0) is 15.3. The topological polar surface area (TPSA) is 67.9 Å². The van der Waals surface area contributed by atoms with E-state index in [-0.39, 0.29) is 24.0 Å². The molecule has 1 aliphatic rings. The number of rotatable bonds is 3. The van der Waals surface area contributed by atoms with Crippen LogP contribution in [0.15, 0.2) is 0 Å². The molecule has 1 heterocycles. The van der Waals surface area contributed by atoms with Crippen molar-refractivity contribution in [2.75, 3.05) is 26.5 Å². The maximum Gasteiger partial charge on any atom is 0.410 e. The Morgan fingerprint density at radius 1 is 1.30 bits per heavy atom. The van der Waals surface area contributed by atoms with Crippen LogP contribution in [0.3, 0.4) is 0 Å². The fraction of sp³-hybridized carbons (Fsp3) is 0.846. The maximum absolute atomic E-state index is 12.1. The molecule has 1 aliphatic heterocycles. The Balaban J connectivity index is 2.73. The third-order valence-corrected chi connectivity index (χ3v) is 3.49. The minimum absolute atomic E-state index is 0.0513. The number of hydrogen-bond acceptors (Lipinski definition) is 6. The molecule has 1 amide bonds. The molecule has 116 valence electrons. The number of carbonyl (C=O) groups excluding carboxylic acids is 2. The summed E-state index contributed by atoms with van der Waals surface area (Å²) >= 11 is 1.48. The zero-order valence-corrected chi connectivity index (χ0v) is 13.6. The summed E-state index contributed by atoms with van der Waals surface area (Å²) in [4.78, 5) is 25.4. The Kier molecular flexibility index (Phi) is 6.13. The second-order valence-corrected chi connectivity index (χ2v) is 6.50. The molecule has 0 bridgehead atoms. The van der Waals surface area contributed by atoms with Crippen molar-refractivity contribution >= 4 is 24.0 Å². The van der Waals surface area contributed by atoms with Crippen LogP contribution in [0.1, 0.15) is 27.2 Å². The van der Waals surface area contributed by atoms with Crippen LogP contribution in [0.25, 0.3) is 0 Å². The van der Waals surface area contributed by atoms with E-state index in [1.807, 2.05) is 27.0 Å². The number of nitrogens with zero attached hydrogens (tertiary/aromatic N) is 1. The van der Waals surface area contributed by atoms with Gasteiger partial charge in [-0.2, -0.15) is 0 Å². The van der Waals surface area contributed by atoms with E-state index in [1.165, 1.54) is 19.1 Å². The average molecular weight is 304 g/mol. The highest BCUT2D eigenvalue weighted by molar-refractivity contribution is 7.96. The van der Waals surface area contributed by atoms with Gasteiger partial charge in [-0.3, -0.25) is 9.52 Å². The van der Waals surface area contributed by atoms with Gasteiger partial charge in [0.15, 0.2) is 0 Å². The highest BCUT2D eigenvalue weighted by Gasteiger charge is 2.36. The molecule has 0 aliphatic carbocycles. The summed E-state index contributed by atoms with van der Waals surface area (Å²) in [5.41, 5.74) is -0.544. The lowest BCUT2D eigenvalue weighted by Gasteiger charge is -2.37. The number of nitrogens with one attached hydrogen (secondary N) is 1. The van der Waals surface area contributed by atoms with Crippen LogP contribution in [0, 0.1) is 5.92 Å². The fourth-order valence-corrected chi connectivity index (χ4v) is 2.67. The fourth-order valence-electron chi connectivity index (χ4n) is 2.16. The monoisotopic (exact) mass is 304 g/mol. The molecule has 20 heavy (non-hydrogen) atoms. The Morgan fingerprint density at radius 3 is 2.45 bits per heavy atom. The number of esters is 1. The molecule has 7 heteroatoms. The molecule has 2 atom stereocenters. The third kappa shape index (κ3) is 5.20. The van der Waals surface area contributed by atoms with Crippen LogP contribution in [-0.4, -0.2) is 55.1 Å². The quantitative estimate of drug-likeness (QED) is 0.632. The number of likely N-dealkylation sites (tertiary alicyclic amines) is 1. The lowest BCUT2D eigenvalue weighted by Crippen LogP contribution is -2.52. The summed E-state index contributed by atoms with van der Waals surface area (Å²) in [6, 6.07) is 0.0513. The molecule has 0 saturated carbocycles. The Morgan fingerprint density at radius 2 is 1.95 bits per heavy atom. The van der Waals surface area contributed by atoms with E-state index >= 15 is 0 Å². The van der Waals surface area contributed by atoms with Crippen LogP contribution >= 0.6 is 11.9 Å². The van der Waals surface area contributed by atoms with Gasteiger partial charge >= 0.3 is 12.1 Å². The summed E-state index contributed by atoms with van der Waals surface area (Å²) < 4.78 is 13.4. The molecule has 1 fully saturated rings. The molecule has 1 saturated heterocycles. The van der Waals surface area contributed by atoms with Crippen LogP contribution in [0.2, 0.25) is 0 Å². The maximum atomic E-state index is 12.1. The van der Waals surface area contributed by atoms with Crippen LogP contribution < -0.4 is 4.72 Å². The van der Waals surface area contributed by atoms with Gasteiger partial charge < -0.3 is 14.4 Å². The Labute approximate surface area is 124 Å². The molecule has 0 aromatic carbocycles. The molecular formula is C13H24N2O4S. The van der Waals surface area contributed by atoms with Crippen molar-refractivity contribution < 1.29 is 19.1 Å². The van der Waals surface area contributed by atoms with Gasteiger partial charge in [0.05, 0.1) is 13.0 Å². The van der Waals surface area contributed by atoms with E-state index in [4.69, 9.17) is 9.47 Å². The first-order valence-corrected chi connectivity index (χ1v) is 7.83. The van der Waals surface area contributed by atoms with Crippen molar-refractivity contribution in [3.8, 4) is 0 Å². The van der Waals surface area contributed by atoms with E-state index in [1.54, 1.807) is 4.90 Å². The molecule has 1 unspecified atom stereocenters. The van der Waals surface area contributed by atoms with Gasteiger partial charge in [0.2, 0.25) is 0 Å². The predicted octanol–water partition coefficient (Wildman–Crippen LogP) is 1.65. The summed E-state index contributed by atoms with van der Waals surface area (Å²) in [5.74, 6) is -0.600. The van der Waals surface area contributed by atoms with Gasteiger partial charge in [-0.15, -0.1) is 0 Å². The average Bonchev–Trinajstić information content (AvgIpc) is 2.35. The molecule has 1 N–H and O–H groups in total. The van der Waals surface area contributed by atoms with E-state index in [0.29, 0.717) is 19.5 Å². The molecular weight excluding hydrogens is 280 g/mol. The van der Waals surface area contributed by atoms with Gasteiger partial charge in [0.1, 0.15) is 5.60 Å². The van der Waals surface area contributed by atoms with Crippen molar-refractivity contribution in [3.63, 3.8) is 0 Å². The van der Waals surface area contributed by atoms with Crippen molar-refractivity contribution in [1.29, 1.82) is 0 Å². The van der Waals surface area contributed by atoms with E-state index in [0.717, 1.165) is 0 Å². The smallest absolute Gasteiger partial charge is 0.410 e. The van der Waals surface area contributed by atoms with Gasteiger partial charge in [-0.25, -0.2) is 4.79 Å². The summed E-state index contributed by atoms with van der Waals surface area (Å²) in [7, 11) is 1.37. The second-order valence-electron chi connectivity index (χ2n) is 5.86. The number of methoxy groups -OCH3 is 1. The van der Waals surface area contributed by atoms with E-state index < -0.39 is 5.60 Å². The largest absolute Gasteiger partial charge is 0.469 e. The number of piperidine rings is 1.